The van der Waals surface area contributed by atoms with E-state index in [-0.39, 0.29) is 31.0 Å². The monoisotopic (exact) mass is 379 g/mol. The number of aromatic nitrogens is 4. The number of aromatic amines is 1. The molecule has 1 aliphatic carbocycles. The van der Waals surface area contributed by atoms with Crippen molar-refractivity contribution < 1.29 is 19.1 Å². The molecule has 9 heteroatoms. The lowest BCUT2D eigenvalue weighted by Crippen LogP contribution is -2.50. The van der Waals surface area contributed by atoms with Crippen molar-refractivity contribution in [1.82, 2.24) is 25.9 Å². The van der Waals surface area contributed by atoms with Crippen molar-refractivity contribution in [3.8, 4) is 0 Å². The summed E-state index contributed by atoms with van der Waals surface area (Å²) in [7, 11) is 0. The van der Waals surface area contributed by atoms with Crippen LogP contribution in [0.15, 0.2) is 0 Å². The van der Waals surface area contributed by atoms with Gasteiger partial charge in [-0.25, -0.2) is 0 Å². The molecule has 3 rings (SSSR count). The summed E-state index contributed by atoms with van der Waals surface area (Å²) in [5.41, 5.74) is 0. The molecule has 1 aromatic heterocycles. The fourth-order valence-corrected chi connectivity index (χ4v) is 4.29. The van der Waals surface area contributed by atoms with E-state index in [0.717, 1.165) is 38.1 Å². The molecule has 0 bridgehead atoms. The summed E-state index contributed by atoms with van der Waals surface area (Å²) >= 11 is 0. The third kappa shape index (κ3) is 5.72. The Morgan fingerprint density at radius 2 is 2.07 bits per heavy atom. The van der Waals surface area contributed by atoms with Gasteiger partial charge in [0.15, 0.2) is 5.82 Å². The van der Waals surface area contributed by atoms with Gasteiger partial charge >= 0.3 is 11.9 Å². The van der Waals surface area contributed by atoms with Crippen LogP contribution in [0.25, 0.3) is 0 Å². The van der Waals surface area contributed by atoms with Gasteiger partial charge < -0.3 is 14.8 Å². The molecule has 2 fully saturated rings. The predicted molar refractivity (Wildman–Crippen MR) is 95.4 cm³/mol. The summed E-state index contributed by atoms with van der Waals surface area (Å²) in [6.45, 7) is 3.04. The average Bonchev–Trinajstić information content (AvgIpc) is 3.19. The standard InChI is InChI=1S/C18H29N5O4/c1-2-26-17(24)7-8-27-18(25)15-10-14-9-12(3-5-13(14)11-19-15)4-6-16-20-22-23-21-16/h12-15,19H,2-11H2,1H3,(H,20,21,22,23)/t12-,13+,14-,15+/m1/s1. The highest BCUT2D eigenvalue weighted by molar-refractivity contribution is 5.76. The van der Waals surface area contributed by atoms with E-state index in [1.54, 1.807) is 6.92 Å². The second kappa shape index (κ2) is 9.77. The van der Waals surface area contributed by atoms with Crippen LogP contribution in [-0.2, 0) is 25.5 Å². The summed E-state index contributed by atoms with van der Waals surface area (Å²) in [6.07, 6.45) is 6.37. The second-order valence-electron chi connectivity index (χ2n) is 7.48. The smallest absolute Gasteiger partial charge is 0.323 e. The number of esters is 2. The number of hydrogen-bond donors (Lipinski definition) is 2. The predicted octanol–water partition coefficient (Wildman–Crippen LogP) is 1.02. The molecule has 1 saturated carbocycles. The zero-order valence-corrected chi connectivity index (χ0v) is 15.9. The van der Waals surface area contributed by atoms with Crippen molar-refractivity contribution >= 4 is 11.9 Å². The molecule has 1 saturated heterocycles. The number of ether oxygens (including phenoxy) is 2. The highest BCUT2D eigenvalue weighted by Gasteiger charge is 2.38. The molecule has 27 heavy (non-hydrogen) atoms. The van der Waals surface area contributed by atoms with Crippen LogP contribution in [0.3, 0.4) is 0 Å². The van der Waals surface area contributed by atoms with Crippen LogP contribution in [0, 0.1) is 17.8 Å². The minimum Gasteiger partial charge on any atom is -0.466 e. The zero-order chi connectivity index (χ0) is 19.1. The van der Waals surface area contributed by atoms with E-state index in [9.17, 15) is 9.59 Å². The summed E-state index contributed by atoms with van der Waals surface area (Å²) in [5, 5.41) is 17.5. The van der Waals surface area contributed by atoms with Crippen LogP contribution < -0.4 is 5.32 Å². The first-order valence-corrected chi connectivity index (χ1v) is 9.93. The van der Waals surface area contributed by atoms with Crippen molar-refractivity contribution in [1.29, 1.82) is 0 Å². The molecule has 0 radical (unpaired) electrons. The zero-order valence-electron chi connectivity index (χ0n) is 15.9. The van der Waals surface area contributed by atoms with Crippen molar-refractivity contribution in [2.45, 2.75) is 57.9 Å². The van der Waals surface area contributed by atoms with Crippen LogP contribution in [0.5, 0.6) is 0 Å². The quantitative estimate of drug-likeness (QED) is 0.643. The highest BCUT2D eigenvalue weighted by Crippen LogP contribution is 2.40. The molecule has 0 spiro atoms. The molecule has 2 N–H and O–H groups in total. The van der Waals surface area contributed by atoms with Gasteiger partial charge in [-0.3, -0.25) is 9.59 Å². The first kappa shape index (κ1) is 19.7. The van der Waals surface area contributed by atoms with Gasteiger partial charge in [0.25, 0.3) is 0 Å². The van der Waals surface area contributed by atoms with E-state index in [2.05, 4.69) is 25.9 Å². The maximum atomic E-state index is 12.3. The highest BCUT2D eigenvalue weighted by atomic mass is 16.5. The largest absolute Gasteiger partial charge is 0.466 e. The van der Waals surface area contributed by atoms with Gasteiger partial charge in [0, 0.05) is 6.42 Å². The van der Waals surface area contributed by atoms with E-state index < -0.39 is 0 Å². The summed E-state index contributed by atoms with van der Waals surface area (Å²) < 4.78 is 10.1. The van der Waals surface area contributed by atoms with Crippen LogP contribution in [-0.4, -0.2) is 58.4 Å². The SMILES string of the molecule is CCOC(=O)CCOC(=O)[C@@H]1C[C@H]2C[C@@H](CCc3nn[nH]n3)CC[C@H]2CN1. The lowest BCUT2D eigenvalue weighted by atomic mass is 9.69. The molecule has 0 amide bonds. The van der Waals surface area contributed by atoms with Gasteiger partial charge in [-0.2, -0.15) is 5.21 Å². The number of carbonyl (C=O) groups excluding carboxylic acids is 2. The second-order valence-corrected chi connectivity index (χ2v) is 7.48. The fraction of sp³-hybridized carbons (Fsp3) is 0.833. The third-order valence-electron chi connectivity index (χ3n) is 5.72. The normalized spacial score (nSPS) is 27.6. The minimum atomic E-state index is -0.335. The third-order valence-corrected chi connectivity index (χ3v) is 5.72. The number of piperidine rings is 1. The first-order valence-electron chi connectivity index (χ1n) is 9.93. The maximum Gasteiger partial charge on any atom is 0.323 e. The van der Waals surface area contributed by atoms with Gasteiger partial charge in [0.2, 0.25) is 0 Å². The van der Waals surface area contributed by atoms with Gasteiger partial charge in [-0.15, -0.1) is 10.2 Å². The summed E-state index contributed by atoms with van der Waals surface area (Å²) in [5.74, 6) is 1.99. The number of hydrogen-bond acceptors (Lipinski definition) is 8. The number of fused-ring (bicyclic) bond motifs is 1. The van der Waals surface area contributed by atoms with Gasteiger partial charge in [0.05, 0.1) is 13.0 Å². The first-order chi connectivity index (χ1) is 13.2. The van der Waals surface area contributed by atoms with Gasteiger partial charge in [0.1, 0.15) is 12.6 Å². The van der Waals surface area contributed by atoms with E-state index in [0.29, 0.717) is 24.4 Å². The van der Waals surface area contributed by atoms with E-state index in [1.807, 2.05) is 0 Å². The molecule has 1 aliphatic heterocycles. The number of nitrogens with zero attached hydrogens (tertiary/aromatic N) is 3. The van der Waals surface area contributed by atoms with Gasteiger partial charge in [-0.05, 0) is 56.9 Å². The topological polar surface area (TPSA) is 119 Å². The Bertz CT molecular complexity index is 609. The Balaban J connectivity index is 1.41. The molecular formula is C18H29N5O4. The summed E-state index contributed by atoms with van der Waals surface area (Å²) in [6, 6.07) is -0.274. The number of nitrogens with one attached hydrogen (secondary N) is 2. The van der Waals surface area contributed by atoms with E-state index >= 15 is 0 Å². The van der Waals surface area contributed by atoms with Crippen molar-refractivity contribution in [3.63, 3.8) is 0 Å². The lowest BCUT2D eigenvalue weighted by Gasteiger charge is -2.42. The number of rotatable bonds is 8. The van der Waals surface area contributed by atoms with Crippen LogP contribution in [0.4, 0.5) is 0 Å². The molecule has 9 nitrogen and oxygen atoms in total. The van der Waals surface area contributed by atoms with Crippen LogP contribution in [0.2, 0.25) is 0 Å². The molecular weight excluding hydrogens is 350 g/mol. The fourth-order valence-electron chi connectivity index (χ4n) is 4.29. The Hall–Kier alpha value is -2.03. The average molecular weight is 379 g/mol. The summed E-state index contributed by atoms with van der Waals surface area (Å²) in [4.78, 5) is 23.6. The number of H-pyrrole nitrogens is 1. The van der Waals surface area contributed by atoms with Crippen LogP contribution in [0.1, 0.15) is 51.3 Å². The molecule has 0 unspecified atom stereocenters. The van der Waals surface area contributed by atoms with Crippen molar-refractivity contribution in [2.75, 3.05) is 19.8 Å². The minimum absolute atomic E-state index is 0.0806. The van der Waals surface area contributed by atoms with E-state index in [1.165, 1.54) is 12.8 Å². The molecule has 4 atom stereocenters. The molecule has 2 heterocycles. The molecule has 150 valence electrons. The molecule has 0 aromatic carbocycles. The number of aryl methyl sites for hydroxylation is 1. The Morgan fingerprint density at radius 3 is 2.85 bits per heavy atom. The van der Waals surface area contributed by atoms with Crippen molar-refractivity contribution in [2.24, 2.45) is 17.8 Å². The maximum absolute atomic E-state index is 12.3. The van der Waals surface area contributed by atoms with Crippen LogP contribution >= 0.6 is 0 Å². The Morgan fingerprint density at radius 1 is 1.19 bits per heavy atom. The molecule has 1 aromatic rings. The Labute approximate surface area is 158 Å². The lowest BCUT2D eigenvalue weighted by molar-refractivity contribution is -0.151. The number of tetrazole rings is 1. The molecule has 2 aliphatic rings. The Kier molecular flexibility index (Phi) is 7.14. The van der Waals surface area contributed by atoms with Gasteiger partial charge in [-0.1, -0.05) is 11.6 Å². The van der Waals surface area contributed by atoms with E-state index in [4.69, 9.17) is 9.47 Å². The number of carbonyl (C=O) groups is 2. The van der Waals surface area contributed by atoms with Crippen molar-refractivity contribution in [3.05, 3.63) is 5.82 Å².